The molecule has 1 aliphatic heterocycles. The molecule has 3 aromatic carbocycles. The highest BCUT2D eigenvalue weighted by Crippen LogP contribution is 2.40. The maximum atomic E-state index is 13.1. The topological polar surface area (TPSA) is 64.1 Å². The number of halogens is 2. The van der Waals surface area contributed by atoms with Gasteiger partial charge in [0.1, 0.15) is 16.6 Å². The molecule has 164 valence electrons. The quantitative estimate of drug-likeness (QED) is 0.235. The standard InChI is InChI=1S/C25H17ClFN3O2S/c26-17-7-5-15(6-8-17)23-29-24-20(13-16-3-1-2-4-21(16)32-24)25(30-23)33-14-22(31)28-19-11-9-18(27)10-12-19/h1-12H,13-14H2,(H,28,31). The van der Waals surface area contributed by atoms with Crippen LogP contribution in [0.1, 0.15) is 11.1 Å². The predicted molar refractivity (Wildman–Crippen MR) is 128 cm³/mol. The van der Waals surface area contributed by atoms with E-state index in [9.17, 15) is 9.18 Å². The molecule has 8 heteroatoms. The second-order valence-corrected chi connectivity index (χ2v) is 8.77. The molecule has 0 spiro atoms. The Labute approximate surface area is 199 Å². The molecule has 0 saturated carbocycles. The lowest BCUT2D eigenvalue weighted by Crippen LogP contribution is -2.15. The van der Waals surface area contributed by atoms with Crippen LogP contribution in [-0.4, -0.2) is 21.6 Å². The van der Waals surface area contributed by atoms with Gasteiger partial charge in [-0.3, -0.25) is 4.79 Å². The number of carbonyl (C=O) groups is 1. The van der Waals surface area contributed by atoms with Gasteiger partial charge in [-0.15, -0.1) is 0 Å². The Balaban J connectivity index is 1.43. The maximum absolute atomic E-state index is 13.1. The summed E-state index contributed by atoms with van der Waals surface area (Å²) < 4.78 is 19.2. The molecule has 0 unspecified atom stereocenters. The van der Waals surface area contributed by atoms with E-state index in [1.165, 1.54) is 36.0 Å². The summed E-state index contributed by atoms with van der Waals surface area (Å²) in [6.45, 7) is 0. The summed E-state index contributed by atoms with van der Waals surface area (Å²) in [4.78, 5) is 21.9. The number of hydrogen-bond donors (Lipinski definition) is 1. The summed E-state index contributed by atoms with van der Waals surface area (Å²) in [6, 6.07) is 20.7. The van der Waals surface area contributed by atoms with E-state index in [1.54, 1.807) is 12.1 Å². The van der Waals surface area contributed by atoms with Crippen LogP contribution in [0.3, 0.4) is 0 Å². The molecule has 1 aromatic heterocycles. The van der Waals surface area contributed by atoms with Crippen LogP contribution in [0.5, 0.6) is 11.6 Å². The van der Waals surface area contributed by atoms with Crippen molar-refractivity contribution in [2.45, 2.75) is 11.4 Å². The molecule has 0 atom stereocenters. The molecule has 0 bridgehead atoms. The third-order valence-corrected chi connectivity index (χ3v) is 6.32. The molecular formula is C25H17ClFN3O2S. The van der Waals surface area contributed by atoms with Gasteiger partial charge in [0.15, 0.2) is 5.82 Å². The van der Waals surface area contributed by atoms with Crippen molar-refractivity contribution < 1.29 is 13.9 Å². The van der Waals surface area contributed by atoms with Crippen LogP contribution in [0.2, 0.25) is 5.02 Å². The van der Waals surface area contributed by atoms with Crippen molar-refractivity contribution in [3.05, 3.63) is 94.8 Å². The number of nitrogens with zero attached hydrogens (tertiary/aromatic N) is 2. The average Bonchev–Trinajstić information content (AvgIpc) is 2.83. The normalized spacial score (nSPS) is 11.8. The lowest BCUT2D eigenvalue weighted by molar-refractivity contribution is -0.113. The molecule has 2 heterocycles. The molecule has 0 saturated heterocycles. The van der Waals surface area contributed by atoms with Crippen molar-refractivity contribution in [1.82, 2.24) is 9.97 Å². The Bertz CT molecular complexity index is 1330. The summed E-state index contributed by atoms with van der Waals surface area (Å²) >= 11 is 7.34. The van der Waals surface area contributed by atoms with Gasteiger partial charge in [-0.1, -0.05) is 41.6 Å². The monoisotopic (exact) mass is 477 g/mol. The van der Waals surface area contributed by atoms with E-state index >= 15 is 0 Å². The maximum Gasteiger partial charge on any atom is 0.234 e. The Morgan fingerprint density at radius 1 is 1.03 bits per heavy atom. The third-order valence-electron chi connectivity index (χ3n) is 5.05. The highest BCUT2D eigenvalue weighted by atomic mass is 35.5. The Morgan fingerprint density at radius 2 is 1.79 bits per heavy atom. The Morgan fingerprint density at radius 3 is 2.58 bits per heavy atom. The highest BCUT2D eigenvalue weighted by molar-refractivity contribution is 8.00. The highest BCUT2D eigenvalue weighted by Gasteiger charge is 2.24. The van der Waals surface area contributed by atoms with E-state index in [-0.39, 0.29) is 17.5 Å². The molecule has 4 aromatic rings. The smallest absolute Gasteiger partial charge is 0.234 e. The third kappa shape index (κ3) is 4.84. The number of amides is 1. The van der Waals surface area contributed by atoms with Gasteiger partial charge in [-0.25, -0.2) is 9.37 Å². The molecule has 0 radical (unpaired) electrons. The Hall–Kier alpha value is -3.42. The van der Waals surface area contributed by atoms with Gasteiger partial charge in [0.05, 0.1) is 11.3 Å². The van der Waals surface area contributed by atoms with Crippen LogP contribution in [0, 0.1) is 5.82 Å². The van der Waals surface area contributed by atoms with Crippen LogP contribution < -0.4 is 10.1 Å². The number of carbonyl (C=O) groups excluding carboxylic acids is 1. The molecule has 0 aliphatic carbocycles. The number of para-hydroxylation sites is 1. The first-order valence-electron chi connectivity index (χ1n) is 10.2. The SMILES string of the molecule is O=C(CSc1nc(-c2ccc(Cl)cc2)nc2c1Cc1ccccc1O2)Nc1ccc(F)cc1. The summed E-state index contributed by atoms with van der Waals surface area (Å²) in [5, 5.41) is 4.07. The van der Waals surface area contributed by atoms with E-state index < -0.39 is 0 Å². The minimum atomic E-state index is -0.356. The molecule has 5 rings (SSSR count). The van der Waals surface area contributed by atoms with Crippen LogP contribution >= 0.6 is 23.4 Å². The van der Waals surface area contributed by atoms with Crippen molar-refractivity contribution in [1.29, 1.82) is 0 Å². The molecule has 1 aliphatic rings. The molecular weight excluding hydrogens is 461 g/mol. The fourth-order valence-electron chi connectivity index (χ4n) is 3.44. The average molecular weight is 478 g/mol. The number of rotatable bonds is 5. The molecule has 33 heavy (non-hydrogen) atoms. The Kier molecular flexibility index (Phi) is 5.98. The van der Waals surface area contributed by atoms with E-state index in [1.807, 2.05) is 36.4 Å². The number of fused-ring (bicyclic) bond motifs is 2. The fourth-order valence-corrected chi connectivity index (χ4v) is 4.39. The van der Waals surface area contributed by atoms with Gasteiger partial charge in [0, 0.05) is 22.7 Å². The number of anilines is 1. The largest absolute Gasteiger partial charge is 0.438 e. The number of nitrogens with one attached hydrogen (secondary N) is 1. The second kappa shape index (κ2) is 9.21. The number of aromatic nitrogens is 2. The predicted octanol–water partition coefficient (Wildman–Crippen LogP) is 6.36. The fraction of sp³-hybridized carbons (Fsp3) is 0.0800. The minimum absolute atomic E-state index is 0.128. The lowest BCUT2D eigenvalue weighted by Gasteiger charge is -2.21. The zero-order valence-corrected chi connectivity index (χ0v) is 18.8. The molecule has 1 N–H and O–H groups in total. The van der Waals surface area contributed by atoms with Crippen LogP contribution in [-0.2, 0) is 11.2 Å². The van der Waals surface area contributed by atoms with Gasteiger partial charge >= 0.3 is 0 Å². The second-order valence-electron chi connectivity index (χ2n) is 7.37. The molecule has 5 nitrogen and oxygen atoms in total. The van der Waals surface area contributed by atoms with Crippen molar-refractivity contribution >= 4 is 35.0 Å². The summed E-state index contributed by atoms with van der Waals surface area (Å²) in [7, 11) is 0. The van der Waals surface area contributed by atoms with Crippen molar-refractivity contribution in [2.75, 3.05) is 11.1 Å². The van der Waals surface area contributed by atoms with Gasteiger partial charge in [-0.05, 0) is 60.2 Å². The first-order valence-corrected chi connectivity index (χ1v) is 11.5. The van der Waals surface area contributed by atoms with E-state index in [2.05, 4.69) is 10.3 Å². The zero-order chi connectivity index (χ0) is 22.8. The summed E-state index contributed by atoms with van der Waals surface area (Å²) in [6.07, 6.45) is 0.605. The van der Waals surface area contributed by atoms with E-state index in [4.69, 9.17) is 21.3 Å². The van der Waals surface area contributed by atoms with Crippen molar-refractivity contribution in [3.63, 3.8) is 0 Å². The molecule has 1 amide bonds. The lowest BCUT2D eigenvalue weighted by atomic mass is 10.0. The van der Waals surface area contributed by atoms with E-state index in [0.717, 1.165) is 22.4 Å². The van der Waals surface area contributed by atoms with Crippen LogP contribution in [0.25, 0.3) is 11.4 Å². The van der Waals surface area contributed by atoms with Crippen LogP contribution in [0.15, 0.2) is 77.8 Å². The van der Waals surface area contributed by atoms with E-state index in [0.29, 0.717) is 33.9 Å². The summed E-state index contributed by atoms with van der Waals surface area (Å²) in [5.74, 6) is 1.29. The summed E-state index contributed by atoms with van der Waals surface area (Å²) in [5.41, 5.74) is 3.20. The van der Waals surface area contributed by atoms with Crippen LogP contribution in [0.4, 0.5) is 10.1 Å². The first kappa shape index (κ1) is 21.4. The number of thioether (sulfide) groups is 1. The van der Waals surface area contributed by atoms with Gasteiger partial charge < -0.3 is 10.1 Å². The molecule has 0 fully saturated rings. The minimum Gasteiger partial charge on any atom is -0.438 e. The number of benzene rings is 3. The van der Waals surface area contributed by atoms with Crippen molar-refractivity contribution in [3.8, 4) is 23.0 Å². The number of ether oxygens (including phenoxy) is 1. The van der Waals surface area contributed by atoms with Crippen molar-refractivity contribution in [2.24, 2.45) is 0 Å². The first-order chi connectivity index (χ1) is 16.0. The zero-order valence-electron chi connectivity index (χ0n) is 17.2. The van der Waals surface area contributed by atoms with Gasteiger partial charge in [0.25, 0.3) is 0 Å². The van der Waals surface area contributed by atoms with Gasteiger partial charge in [-0.2, -0.15) is 4.98 Å². The van der Waals surface area contributed by atoms with Gasteiger partial charge in [0.2, 0.25) is 11.8 Å². The number of hydrogen-bond acceptors (Lipinski definition) is 5.